The minimum absolute atomic E-state index is 0.0372. The monoisotopic (exact) mass is 400 g/mol. The molecule has 0 aliphatic heterocycles. The molecule has 0 heterocycles. The fourth-order valence-corrected chi connectivity index (χ4v) is 4.09. The number of aliphatic hydroxyl groups is 2. The Labute approximate surface area is 169 Å². The smallest absolute Gasteiger partial charge is 0.305 e. The maximum Gasteiger partial charge on any atom is 0.305 e. The summed E-state index contributed by atoms with van der Waals surface area (Å²) in [6.07, 6.45) is 14.9. The van der Waals surface area contributed by atoms with E-state index in [9.17, 15) is 15.0 Å². The molecular weight excluding hydrogens is 364 g/mol. The van der Waals surface area contributed by atoms with Crippen molar-refractivity contribution in [3.05, 3.63) is 24.3 Å². The maximum atomic E-state index is 11.1. The first-order chi connectivity index (χ1) is 12.8. The first-order valence-electron chi connectivity index (χ1n) is 10.3. The Morgan fingerprint density at radius 3 is 2.70 bits per heavy atom. The summed E-state index contributed by atoms with van der Waals surface area (Å²) in [5.41, 5.74) is -0.840. The lowest BCUT2D eigenvalue weighted by atomic mass is 9.88. The molecule has 1 rings (SSSR count). The second kappa shape index (κ2) is 12.6. The molecular formula is C22H37ClO4. The van der Waals surface area contributed by atoms with Crippen LogP contribution in [0.3, 0.4) is 0 Å². The number of aliphatic hydroxyl groups excluding tert-OH is 1. The molecule has 2 N–H and O–H groups in total. The summed E-state index contributed by atoms with van der Waals surface area (Å²) in [6, 6.07) is 0. The topological polar surface area (TPSA) is 66.8 Å². The van der Waals surface area contributed by atoms with Gasteiger partial charge in [0.1, 0.15) is 0 Å². The molecule has 27 heavy (non-hydrogen) atoms. The number of alkyl halides is 1. The minimum Gasteiger partial charge on any atom is -0.469 e. The van der Waals surface area contributed by atoms with Gasteiger partial charge in [-0.25, -0.2) is 0 Å². The third-order valence-electron chi connectivity index (χ3n) is 5.39. The van der Waals surface area contributed by atoms with Gasteiger partial charge in [0.25, 0.3) is 0 Å². The first-order valence-corrected chi connectivity index (χ1v) is 10.7. The molecule has 0 saturated heterocycles. The number of rotatable bonds is 12. The van der Waals surface area contributed by atoms with E-state index < -0.39 is 11.7 Å². The lowest BCUT2D eigenvalue weighted by Gasteiger charge is -2.23. The molecule has 0 aromatic heterocycles. The van der Waals surface area contributed by atoms with Crippen LogP contribution in [-0.4, -0.2) is 40.4 Å². The van der Waals surface area contributed by atoms with Crippen LogP contribution in [0.1, 0.15) is 71.6 Å². The molecule has 0 aromatic carbocycles. The Hall–Kier alpha value is -0.840. The molecule has 5 heteroatoms. The number of allylic oxidation sites excluding steroid dienone is 2. The molecule has 0 spiro atoms. The average Bonchev–Trinajstić information content (AvgIpc) is 2.89. The third-order valence-corrected chi connectivity index (χ3v) is 5.89. The molecule has 4 nitrogen and oxygen atoms in total. The highest BCUT2D eigenvalue weighted by atomic mass is 35.5. The Kier molecular flexibility index (Phi) is 11.3. The van der Waals surface area contributed by atoms with E-state index in [1.807, 2.05) is 19.1 Å². The van der Waals surface area contributed by atoms with Gasteiger partial charge in [0.2, 0.25) is 0 Å². The maximum absolute atomic E-state index is 11.1. The second-order valence-corrected chi connectivity index (χ2v) is 8.47. The molecule has 0 unspecified atom stereocenters. The van der Waals surface area contributed by atoms with E-state index in [1.165, 1.54) is 7.11 Å². The van der Waals surface area contributed by atoms with Crippen LogP contribution in [0.2, 0.25) is 0 Å². The molecule has 1 fully saturated rings. The van der Waals surface area contributed by atoms with Gasteiger partial charge in [-0.2, -0.15) is 0 Å². The number of methoxy groups -OCH3 is 1. The van der Waals surface area contributed by atoms with Gasteiger partial charge in [0.05, 0.1) is 18.8 Å². The Morgan fingerprint density at radius 2 is 2.04 bits per heavy atom. The van der Waals surface area contributed by atoms with E-state index in [0.29, 0.717) is 12.8 Å². The predicted molar refractivity (Wildman–Crippen MR) is 111 cm³/mol. The highest BCUT2D eigenvalue weighted by Gasteiger charge is 2.39. The van der Waals surface area contributed by atoms with Crippen LogP contribution in [0.15, 0.2) is 24.3 Å². The zero-order valence-electron chi connectivity index (χ0n) is 17.1. The molecule has 1 saturated carbocycles. The van der Waals surface area contributed by atoms with Gasteiger partial charge in [-0.3, -0.25) is 4.79 Å². The molecule has 0 radical (unpaired) electrons. The van der Waals surface area contributed by atoms with Crippen molar-refractivity contribution in [3.8, 4) is 0 Å². The number of carbonyl (C=O) groups excluding carboxylic acids is 1. The lowest BCUT2D eigenvalue weighted by molar-refractivity contribution is -0.140. The van der Waals surface area contributed by atoms with Crippen molar-refractivity contribution in [2.24, 2.45) is 11.8 Å². The summed E-state index contributed by atoms with van der Waals surface area (Å²) in [5, 5.41) is 20.8. The van der Waals surface area contributed by atoms with Gasteiger partial charge in [-0.1, -0.05) is 50.5 Å². The van der Waals surface area contributed by atoms with Gasteiger partial charge in [-0.05, 0) is 44.9 Å². The molecule has 5 atom stereocenters. The first kappa shape index (κ1) is 24.2. The Bertz CT molecular complexity index is 487. The molecule has 156 valence electrons. The Morgan fingerprint density at radius 1 is 1.30 bits per heavy atom. The number of unbranched alkanes of at least 4 members (excludes halogenated alkanes) is 3. The minimum atomic E-state index is -0.840. The molecule has 1 aliphatic carbocycles. The summed E-state index contributed by atoms with van der Waals surface area (Å²) < 4.78 is 4.63. The van der Waals surface area contributed by atoms with Crippen LogP contribution in [-0.2, 0) is 9.53 Å². The third kappa shape index (κ3) is 9.27. The average molecular weight is 401 g/mol. The van der Waals surface area contributed by atoms with Crippen LogP contribution in [0.5, 0.6) is 0 Å². The van der Waals surface area contributed by atoms with E-state index in [1.54, 1.807) is 0 Å². The number of esters is 1. The number of hydrogen-bond acceptors (Lipinski definition) is 4. The fraction of sp³-hybridized carbons (Fsp3) is 0.773. The van der Waals surface area contributed by atoms with Gasteiger partial charge < -0.3 is 14.9 Å². The van der Waals surface area contributed by atoms with Gasteiger partial charge in [0, 0.05) is 17.7 Å². The largest absolute Gasteiger partial charge is 0.469 e. The predicted octanol–water partition coefficient (Wildman–Crippen LogP) is 4.77. The lowest BCUT2D eigenvalue weighted by Crippen LogP contribution is -2.23. The van der Waals surface area contributed by atoms with E-state index in [2.05, 4.69) is 23.8 Å². The zero-order chi connectivity index (χ0) is 20.3. The normalized spacial score (nSPS) is 28.1. The van der Waals surface area contributed by atoms with Crippen molar-refractivity contribution >= 4 is 17.6 Å². The zero-order valence-corrected chi connectivity index (χ0v) is 17.8. The Balaban J connectivity index is 2.54. The standard InChI is InChI=1S/C22H37ClO4/c1-4-5-10-14-22(2,26)15-13-18-17(19(23)16-20(18)24)11-8-6-7-9-12-21(25)27-3/h6,8,13,15,17-20,24,26H,4-5,7,9-12,14,16H2,1-3H3/b8-6-,15-13+/t17-,18-,19-,20-,22+/m1/s1. The van der Waals surface area contributed by atoms with E-state index >= 15 is 0 Å². The van der Waals surface area contributed by atoms with Crippen molar-refractivity contribution in [2.75, 3.05) is 7.11 Å². The van der Waals surface area contributed by atoms with Gasteiger partial charge in [-0.15, -0.1) is 11.6 Å². The highest BCUT2D eigenvalue weighted by molar-refractivity contribution is 6.21. The van der Waals surface area contributed by atoms with Crippen LogP contribution < -0.4 is 0 Å². The van der Waals surface area contributed by atoms with E-state index in [0.717, 1.165) is 44.9 Å². The number of ether oxygens (including phenoxy) is 1. The summed E-state index contributed by atoms with van der Waals surface area (Å²) >= 11 is 6.47. The van der Waals surface area contributed by atoms with Crippen LogP contribution >= 0.6 is 11.6 Å². The number of halogens is 1. The number of hydrogen-bond donors (Lipinski definition) is 2. The van der Waals surface area contributed by atoms with Crippen LogP contribution in [0.4, 0.5) is 0 Å². The molecule has 0 amide bonds. The van der Waals surface area contributed by atoms with Crippen molar-refractivity contribution in [2.45, 2.75) is 88.7 Å². The van der Waals surface area contributed by atoms with Gasteiger partial charge in [0.15, 0.2) is 0 Å². The molecule has 0 bridgehead atoms. The molecule has 0 aromatic rings. The van der Waals surface area contributed by atoms with E-state index in [-0.39, 0.29) is 23.2 Å². The summed E-state index contributed by atoms with van der Waals surface area (Å²) in [7, 11) is 1.40. The fourth-order valence-electron chi connectivity index (χ4n) is 3.64. The summed E-state index contributed by atoms with van der Waals surface area (Å²) in [4.78, 5) is 11.1. The second-order valence-electron chi connectivity index (χ2n) is 7.91. The molecule has 1 aliphatic rings. The van der Waals surface area contributed by atoms with Crippen LogP contribution in [0.25, 0.3) is 0 Å². The van der Waals surface area contributed by atoms with Crippen LogP contribution in [0, 0.1) is 11.8 Å². The quantitative estimate of drug-likeness (QED) is 0.214. The van der Waals surface area contributed by atoms with Crippen molar-refractivity contribution in [3.63, 3.8) is 0 Å². The van der Waals surface area contributed by atoms with E-state index in [4.69, 9.17) is 11.6 Å². The van der Waals surface area contributed by atoms with Crippen molar-refractivity contribution in [1.29, 1.82) is 0 Å². The number of carbonyl (C=O) groups is 1. The summed E-state index contributed by atoms with van der Waals surface area (Å²) in [6.45, 7) is 3.97. The summed E-state index contributed by atoms with van der Waals surface area (Å²) in [5.74, 6) is -0.0644. The van der Waals surface area contributed by atoms with Gasteiger partial charge >= 0.3 is 5.97 Å². The van der Waals surface area contributed by atoms with Crippen molar-refractivity contribution in [1.82, 2.24) is 0 Å². The SMILES string of the molecule is CCCCC[C@](C)(O)/C=C/[C@@H]1[C@@H](C/C=C\CCCC(=O)OC)[C@H](Cl)C[C@H]1O. The highest BCUT2D eigenvalue weighted by Crippen LogP contribution is 2.39. The van der Waals surface area contributed by atoms with Crippen molar-refractivity contribution < 1.29 is 19.7 Å².